The van der Waals surface area contributed by atoms with Crippen LogP contribution < -0.4 is 0 Å². The molecule has 0 saturated heterocycles. The van der Waals surface area contributed by atoms with Crippen molar-refractivity contribution in [1.82, 2.24) is 0 Å². The van der Waals surface area contributed by atoms with E-state index in [-0.39, 0.29) is 11.3 Å². The molecular formula is C15H10O3S. The molecule has 0 amide bonds. The highest BCUT2D eigenvalue weighted by atomic mass is 32.2. The second-order valence-electron chi connectivity index (χ2n) is 4.29. The molecular weight excluding hydrogens is 260 g/mol. The lowest BCUT2D eigenvalue weighted by Crippen LogP contribution is -2.05. The number of rotatable bonds is 1. The maximum Gasteiger partial charge on any atom is 0.335 e. The largest absolute Gasteiger partial charge is 0.478 e. The van der Waals surface area contributed by atoms with Crippen LogP contribution in [0.2, 0.25) is 0 Å². The topological polar surface area (TPSA) is 54.4 Å². The Bertz CT molecular complexity index is 692. The molecule has 0 saturated carbocycles. The molecule has 1 aliphatic rings. The van der Waals surface area contributed by atoms with E-state index in [9.17, 15) is 9.59 Å². The molecule has 94 valence electrons. The Labute approximate surface area is 114 Å². The van der Waals surface area contributed by atoms with Crippen LogP contribution in [-0.4, -0.2) is 16.9 Å². The van der Waals surface area contributed by atoms with Crippen molar-refractivity contribution in [3.05, 3.63) is 64.7 Å². The number of thioether (sulfide) groups is 1. The lowest BCUT2D eigenvalue weighted by Gasteiger charge is -2.05. The molecule has 0 atom stereocenters. The maximum absolute atomic E-state index is 12.4. The van der Waals surface area contributed by atoms with Crippen LogP contribution >= 0.6 is 11.8 Å². The summed E-state index contributed by atoms with van der Waals surface area (Å²) in [6.45, 7) is 0. The minimum atomic E-state index is -0.970. The van der Waals surface area contributed by atoms with Crippen molar-refractivity contribution in [2.24, 2.45) is 0 Å². The Morgan fingerprint density at radius 2 is 1.89 bits per heavy atom. The first-order valence-corrected chi connectivity index (χ1v) is 6.78. The molecule has 2 aromatic carbocycles. The van der Waals surface area contributed by atoms with E-state index < -0.39 is 5.97 Å². The summed E-state index contributed by atoms with van der Waals surface area (Å²) >= 11 is 1.56. The summed E-state index contributed by atoms with van der Waals surface area (Å²) in [5.74, 6) is -0.395. The summed E-state index contributed by atoms with van der Waals surface area (Å²) in [5, 5.41) is 9.00. The van der Waals surface area contributed by atoms with Crippen molar-refractivity contribution in [3.63, 3.8) is 0 Å². The number of carboxylic acid groups (broad SMARTS) is 1. The number of carbonyl (C=O) groups is 2. The third-order valence-corrected chi connectivity index (χ3v) is 4.23. The molecule has 0 bridgehead atoms. The SMILES string of the molecule is O=C(O)c1ccc2c(c1)CSc1ccccc1C2=O. The Morgan fingerprint density at radius 3 is 2.68 bits per heavy atom. The third kappa shape index (κ3) is 2.04. The number of carbonyl (C=O) groups excluding carboxylic acids is 1. The van der Waals surface area contributed by atoms with Crippen LogP contribution in [0.15, 0.2) is 47.4 Å². The van der Waals surface area contributed by atoms with Gasteiger partial charge in [-0.3, -0.25) is 4.79 Å². The Kier molecular flexibility index (Phi) is 2.87. The number of hydrogen-bond acceptors (Lipinski definition) is 3. The van der Waals surface area contributed by atoms with Gasteiger partial charge in [0.15, 0.2) is 5.78 Å². The van der Waals surface area contributed by atoms with E-state index >= 15 is 0 Å². The molecule has 1 N–H and O–H groups in total. The summed E-state index contributed by atoms with van der Waals surface area (Å²) in [4.78, 5) is 24.4. The normalized spacial score (nSPS) is 13.4. The number of ketones is 1. The van der Waals surface area contributed by atoms with E-state index in [0.29, 0.717) is 16.9 Å². The number of hydrogen-bond donors (Lipinski definition) is 1. The summed E-state index contributed by atoms with van der Waals surface area (Å²) in [6, 6.07) is 12.2. The van der Waals surface area contributed by atoms with Gasteiger partial charge in [-0.2, -0.15) is 0 Å². The molecule has 3 nitrogen and oxygen atoms in total. The first-order valence-electron chi connectivity index (χ1n) is 5.79. The first-order chi connectivity index (χ1) is 9.16. The Hall–Kier alpha value is -2.07. The quantitative estimate of drug-likeness (QED) is 0.864. The minimum Gasteiger partial charge on any atom is -0.478 e. The third-order valence-electron chi connectivity index (χ3n) is 3.11. The van der Waals surface area contributed by atoms with Crippen molar-refractivity contribution in [2.45, 2.75) is 10.6 Å². The lowest BCUT2D eigenvalue weighted by atomic mass is 9.97. The van der Waals surface area contributed by atoms with Gasteiger partial charge in [0.05, 0.1) is 5.56 Å². The highest BCUT2D eigenvalue weighted by molar-refractivity contribution is 7.98. The summed E-state index contributed by atoms with van der Waals surface area (Å²) in [7, 11) is 0. The van der Waals surface area contributed by atoms with Gasteiger partial charge in [0, 0.05) is 21.8 Å². The fourth-order valence-electron chi connectivity index (χ4n) is 2.15. The summed E-state index contributed by atoms with van der Waals surface area (Å²) in [5.41, 5.74) is 2.29. The van der Waals surface area contributed by atoms with Gasteiger partial charge in [0.1, 0.15) is 0 Å². The zero-order valence-electron chi connectivity index (χ0n) is 9.92. The number of aromatic carboxylic acids is 1. The molecule has 0 fully saturated rings. The molecule has 0 aliphatic carbocycles. The van der Waals surface area contributed by atoms with E-state index in [2.05, 4.69) is 0 Å². The van der Waals surface area contributed by atoms with Crippen LogP contribution in [0.1, 0.15) is 31.8 Å². The van der Waals surface area contributed by atoms with E-state index in [1.54, 1.807) is 23.9 Å². The predicted octanol–water partition coefficient (Wildman–Crippen LogP) is 3.22. The number of benzene rings is 2. The molecule has 0 radical (unpaired) electrons. The summed E-state index contributed by atoms with van der Waals surface area (Å²) < 4.78 is 0. The smallest absolute Gasteiger partial charge is 0.335 e. The highest BCUT2D eigenvalue weighted by Crippen LogP contribution is 2.33. The first kappa shape index (κ1) is 12.0. The second-order valence-corrected chi connectivity index (χ2v) is 5.31. The molecule has 4 heteroatoms. The summed E-state index contributed by atoms with van der Waals surface area (Å²) in [6.07, 6.45) is 0. The second kappa shape index (κ2) is 4.55. The lowest BCUT2D eigenvalue weighted by molar-refractivity contribution is 0.0696. The molecule has 0 unspecified atom stereocenters. The highest BCUT2D eigenvalue weighted by Gasteiger charge is 2.22. The van der Waals surface area contributed by atoms with Crippen molar-refractivity contribution in [3.8, 4) is 0 Å². The van der Waals surface area contributed by atoms with Crippen molar-refractivity contribution < 1.29 is 14.7 Å². The Balaban J connectivity index is 2.15. The van der Waals surface area contributed by atoms with Crippen molar-refractivity contribution >= 4 is 23.5 Å². The van der Waals surface area contributed by atoms with E-state index in [4.69, 9.17) is 5.11 Å². The van der Waals surface area contributed by atoms with Crippen molar-refractivity contribution in [2.75, 3.05) is 0 Å². The van der Waals surface area contributed by atoms with E-state index in [0.717, 1.165) is 10.5 Å². The average molecular weight is 270 g/mol. The molecule has 1 heterocycles. The zero-order chi connectivity index (χ0) is 13.4. The van der Waals surface area contributed by atoms with E-state index in [1.807, 2.05) is 24.3 Å². The van der Waals surface area contributed by atoms with E-state index in [1.165, 1.54) is 6.07 Å². The van der Waals surface area contributed by atoms with Crippen LogP contribution in [0.5, 0.6) is 0 Å². The molecule has 0 spiro atoms. The van der Waals surface area contributed by atoms with Crippen molar-refractivity contribution in [1.29, 1.82) is 0 Å². The van der Waals surface area contributed by atoms with Gasteiger partial charge in [-0.05, 0) is 35.9 Å². The van der Waals surface area contributed by atoms with Gasteiger partial charge in [0.25, 0.3) is 0 Å². The molecule has 3 rings (SSSR count). The molecule has 19 heavy (non-hydrogen) atoms. The predicted molar refractivity (Wildman–Crippen MR) is 72.8 cm³/mol. The molecule has 1 aliphatic heterocycles. The molecule has 0 aromatic heterocycles. The van der Waals surface area contributed by atoms with Gasteiger partial charge >= 0.3 is 5.97 Å². The number of carboxylic acids is 1. The fraction of sp³-hybridized carbons (Fsp3) is 0.0667. The van der Waals surface area contributed by atoms with Gasteiger partial charge < -0.3 is 5.11 Å². The number of fused-ring (bicyclic) bond motifs is 2. The van der Waals surface area contributed by atoms with Crippen LogP contribution in [0.3, 0.4) is 0 Å². The van der Waals surface area contributed by atoms with Crippen LogP contribution in [0.25, 0.3) is 0 Å². The van der Waals surface area contributed by atoms with Crippen LogP contribution in [0, 0.1) is 0 Å². The fourth-order valence-corrected chi connectivity index (χ4v) is 3.19. The maximum atomic E-state index is 12.4. The minimum absolute atomic E-state index is 0.0347. The van der Waals surface area contributed by atoms with Crippen LogP contribution in [-0.2, 0) is 5.75 Å². The van der Waals surface area contributed by atoms with Crippen LogP contribution in [0.4, 0.5) is 0 Å². The van der Waals surface area contributed by atoms with Gasteiger partial charge in [-0.1, -0.05) is 12.1 Å². The van der Waals surface area contributed by atoms with Gasteiger partial charge in [0.2, 0.25) is 0 Å². The Morgan fingerprint density at radius 1 is 1.11 bits per heavy atom. The van der Waals surface area contributed by atoms with Gasteiger partial charge in [-0.15, -0.1) is 11.8 Å². The monoisotopic (exact) mass is 270 g/mol. The molecule has 2 aromatic rings. The zero-order valence-corrected chi connectivity index (χ0v) is 10.7. The van der Waals surface area contributed by atoms with Gasteiger partial charge in [-0.25, -0.2) is 4.79 Å². The standard InChI is InChI=1S/C15H10O3S/c16-14-11-6-5-9(15(17)18)7-10(11)8-19-13-4-2-1-3-12(13)14/h1-7H,8H2,(H,17,18). The average Bonchev–Trinajstić information content (AvgIpc) is 2.57.